The van der Waals surface area contributed by atoms with Crippen LogP contribution in [0.2, 0.25) is 0 Å². The first-order valence-electron chi connectivity index (χ1n) is 10.1. The summed E-state index contributed by atoms with van der Waals surface area (Å²) in [4.78, 5) is 14.7. The minimum absolute atomic E-state index is 0.271. The highest BCUT2D eigenvalue weighted by Crippen LogP contribution is 2.29. The van der Waals surface area contributed by atoms with Crippen molar-refractivity contribution in [3.05, 3.63) is 65.7 Å². The van der Waals surface area contributed by atoms with E-state index in [9.17, 15) is 4.39 Å². The molecule has 0 saturated heterocycles. The first kappa shape index (κ1) is 19.8. The number of hydrogen-bond donors (Lipinski definition) is 1. The lowest BCUT2D eigenvalue weighted by Crippen LogP contribution is -2.06. The minimum atomic E-state index is -0.271. The van der Waals surface area contributed by atoms with Crippen LogP contribution in [0.1, 0.15) is 31.2 Å². The summed E-state index contributed by atoms with van der Waals surface area (Å²) >= 11 is 0. The van der Waals surface area contributed by atoms with E-state index in [1.54, 1.807) is 18.3 Å². The number of pyridine rings is 1. The summed E-state index contributed by atoms with van der Waals surface area (Å²) in [5.41, 5.74) is 9.64. The minimum Gasteiger partial charge on any atom is -0.396 e. The molecule has 0 spiro atoms. The second-order valence-electron chi connectivity index (χ2n) is 7.11. The van der Waals surface area contributed by atoms with E-state index in [1.807, 2.05) is 18.2 Å². The molecule has 0 saturated carbocycles. The molecule has 154 valence electrons. The zero-order valence-corrected chi connectivity index (χ0v) is 16.9. The van der Waals surface area contributed by atoms with E-state index in [2.05, 4.69) is 27.7 Å². The number of rotatable bonds is 8. The van der Waals surface area contributed by atoms with Crippen LogP contribution in [0.4, 0.5) is 10.2 Å². The molecule has 2 heterocycles. The molecule has 0 fully saturated rings. The number of halogens is 1. The normalized spacial score (nSPS) is 11.7. The van der Waals surface area contributed by atoms with Gasteiger partial charge in [-0.2, -0.15) is 0 Å². The maximum Gasteiger partial charge on any atom is 0.152 e. The molecule has 4 rings (SSSR count). The number of nitrogens with zero attached hydrogens (tertiary/aromatic N) is 4. The number of nitrogen functional groups attached to an aromatic ring is 1. The summed E-state index contributed by atoms with van der Waals surface area (Å²) in [5.74, 6) is 1.19. The summed E-state index contributed by atoms with van der Waals surface area (Å²) in [6.45, 7) is 3.34. The van der Waals surface area contributed by atoms with Gasteiger partial charge in [0.2, 0.25) is 0 Å². The Hall–Kier alpha value is -3.48. The fraction of sp³-hybridized carbons (Fsp3) is 0.261. The van der Waals surface area contributed by atoms with Crippen LogP contribution in [0.15, 0.2) is 53.7 Å². The molecule has 0 aliphatic heterocycles. The molecule has 0 radical (unpaired) electrons. The SMILES string of the molecule is CCCc1nc2c(N)nc3ccccc3c2n1CCCON=Cc1ccc(F)cc1. The molecule has 4 aromatic rings. The third kappa shape index (κ3) is 4.10. The third-order valence-corrected chi connectivity index (χ3v) is 4.93. The molecule has 0 aliphatic carbocycles. The van der Waals surface area contributed by atoms with Gasteiger partial charge in [0.1, 0.15) is 23.8 Å². The van der Waals surface area contributed by atoms with E-state index >= 15 is 0 Å². The van der Waals surface area contributed by atoms with Crippen LogP contribution in [0.5, 0.6) is 0 Å². The Morgan fingerprint density at radius 2 is 1.93 bits per heavy atom. The van der Waals surface area contributed by atoms with Crippen LogP contribution in [0, 0.1) is 5.82 Å². The lowest BCUT2D eigenvalue weighted by atomic mass is 10.2. The predicted octanol–water partition coefficient (Wildman–Crippen LogP) is 4.70. The van der Waals surface area contributed by atoms with Gasteiger partial charge in [-0.25, -0.2) is 14.4 Å². The van der Waals surface area contributed by atoms with Crippen LogP contribution < -0.4 is 5.73 Å². The van der Waals surface area contributed by atoms with Crippen molar-refractivity contribution in [3.63, 3.8) is 0 Å². The van der Waals surface area contributed by atoms with Crippen molar-refractivity contribution >= 4 is 34.0 Å². The van der Waals surface area contributed by atoms with Crippen molar-refractivity contribution in [2.24, 2.45) is 5.16 Å². The second kappa shape index (κ2) is 8.90. The number of hydrogen-bond acceptors (Lipinski definition) is 5. The van der Waals surface area contributed by atoms with Crippen molar-refractivity contribution in [2.75, 3.05) is 12.3 Å². The Kier molecular flexibility index (Phi) is 5.88. The number of nitrogens with two attached hydrogens (primary N) is 1. The van der Waals surface area contributed by atoms with E-state index in [-0.39, 0.29) is 5.82 Å². The molecule has 7 heteroatoms. The Labute approximate surface area is 174 Å². The summed E-state index contributed by atoms with van der Waals surface area (Å²) in [7, 11) is 0. The van der Waals surface area contributed by atoms with Gasteiger partial charge in [-0.3, -0.25) is 0 Å². The summed E-state index contributed by atoms with van der Waals surface area (Å²) < 4.78 is 15.2. The van der Waals surface area contributed by atoms with Gasteiger partial charge in [-0.1, -0.05) is 42.4 Å². The van der Waals surface area contributed by atoms with Gasteiger partial charge in [0, 0.05) is 24.8 Å². The van der Waals surface area contributed by atoms with Gasteiger partial charge in [-0.05, 0) is 30.2 Å². The van der Waals surface area contributed by atoms with Crippen molar-refractivity contribution < 1.29 is 9.23 Å². The largest absolute Gasteiger partial charge is 0.396 e. The molecular weight excluding hydrogens is 381 g/mol. The van der Waals surface area contributed by atoms with Crippen molar-refractivity contribution in [1.29, 1.82) is 0 Å². The quantitative estimate of drug-likeness (QED) is 0.262. The zero-order valence-electron chi connectivity index (χ0n) is 16.9. The number of benzene rings is 2. The second-order valence-corrected chi connectivity index (χ2v) is 7.11. The fourth-order valence-electron chi connectivity index (χ4n) is 3.55. The molecule has 0 bridgehead atoms. The summed E-state index contributed by atoms with van der Waals surface area (Å²) in [6, 6.07) is 14.1. The molecule has 0 aliphatic rings. The molecule has 2 aromatic heterocycles. The lowest BCUT2D eigenvalue weighted by Gasteiger charge is -2.10. The van der Waals surface area contributed by atoms with Gasteiger partial charge in [0.25, 0.3) is 0 Å². The molecule has 0 atom stereocenters. The highest BCUT2D eigenvalue weighted by Gasteiger charge is 2.16. The Bertz CT molecular complexity index is 1180. The summed E-state index contributed by atoms with van der Waals surface area (Å²) in [5, 5.41) is 5.02. The number of aryl methyl sites for hydroxylation is 2. The predicted molar refractivity (Wildman–Crippen MR) is 118 cm³/mol. The number of para-hydroxylation sites is 1. The molecule has 0 amide bonds. The molecule has 2 N–H and O–H groups in total. The van der Waals surface area contributed by atoms with E-state index in [0.717, 1.165) is 59.1 Å². The molecule has 2 aromatic carbocycles. The highest BCUT2D eigenvalue weighted by atomic mass is 19.1. The first-order valence-corrected chi connectivity index (χ1v) is 10.1. The molecule has 30 heavy (non-hydrogen) atoms. The van der Waals surface area contributed by atoms with Crippen molar-refractivity contribution in [1.82, 2.24) is 14.5 Å². The lowest BCUT2D eigenvalue weighted by molar-refractivity contribution is 0.140. The Balaban J connectivity index is 1.51. The van der Waals surface area contributed by atoms with Gasteiger partial charge in [-0.15, -0.1) is 0 Å². The monoisotopic (exact) mass is 405 g/mol. The maximum atomic E-state index is 12.9. The van der Waals surface area contributed by atoms with Gasteiger partial charge in [0.15, 0.2) is 5.82 Å². The topological polar surface area (TPSA) is 78.3 Å². The standard InChI is InChI=1S/C23H24FN5O/c1-2-6-20-28-21-22(18-7-3-4-8-19(18)27-23(21)25)29(20)13-5-14-30-26-15-16-9-11-17(24)12-10-16/h3-4,7-12,15H,2,5-6,13-14H2,1H3,(H2,25,27). The molecular formula is C23H24FN5O. The fourth-order valence-corrected chi connectivity index (χ4v) is 3.55. The van der Waals surface area contributed by atoms with Crippen LogP contribution in [-0.4, -0.2) is 27.4 Å². The number of imidazole rings is 1. The number of anilines is 1. The first-order chi connectivity index (χ1) is 14.7. The van der Waals surface area contributed by atoms with E-state index in [4.69, 9.17) is 15.6 Å². The smallest absolute Gasteiger partial charge is 0.152 e. The highest BCUT2D eigenvalue weighted by molar-refractivity contribution is 6.06. The zero-order chi connectivity index (χ0) is 20.9. The average molecular weight is 405 g/mol. The van der Waals surface area contributed by atoms with Crippen LogP contribution in [0.3, 0.4) is 0 Å². The number of fused-ring (bicyclic) bond motifs is 3. The Morgan fingerprint density at radius 3 is 2.73 bits per heavy atom. The summed E-state index contributed by atoms with van der Waals surface area (Å²) in [6.07, 6.45) is 4.20. The van der Waals surface area contributed by atoms with Crippen LogP contribution >= 0.6 is 0 Å². The van der Waals surface area contributed by atoms with Crippen molar-refractivity contribution in [2.45, 2.75) is 32.7 Å². The van der Waals surface area contributed by atoms with E-state index in [0.29, 0.717) is 12.4 Å². The number of aromatic nitrogens is 3. The van der Waals surface area contributed by atoms with E-state index in [1.165, 1.54) is 12.1 Å². The average Bonchev–Trinajstić information content (AvgIpc) is 3.11. The maximum absolute atomic E-state index is 12.9. The van der Waals surface area contributed by atoms with Crippen LogP contribution in [0.25, 0.3) is 21.9 Å². The van der Waals surface area contributed by atoms with Gasteiger partial charge in [0.05, 0.1) is 17.2 Å². The van der Waals surface area contributed by atoms with Gasteiger partial charge < -0.3 is 15.1 Å². The van der Waals surface area contributed by atoms with Crippen LogP contribution in [-0.2, 0) is 17.8 Å². The Morgan fingerprint density at radius 1 is 1.13 bits per heavy atom. The van der Waals surface area contributed by atoms with E-state index < -0.39 is 0 Å². The third-order valence-electron chi connectivity index (χ3n) is 4.93. The van der Waals surface area contributed by atoms with Gasteiger partial charge >= 0.3 is 0 Å². The van der Waals surface area contributed by atoms with Crippen molar-refractivity contribution in [3.8, 4) is 0 Å². The number of oxime groups is 1. The molecule has 0 unspecified atom stereocenters. The molecule has 6 nitrogen and oxygen atoms in total.